The number of aromatic nitrogens is 4. The second-order valence-corrected chi connectivity index (χ2v) is 6.85. The summed E-state index contributed by atoms with van der Waals surface area (Å²) in [6, 6.07) is 5.12. The Bertz CT molecular complexity index is 899. The van der Waals surface area contributed by atoms with Crippen LogP contribution in [0.2, 0.25) is 0 Å². The van der Waals surface area contributed by atoms with Crippen LogP contribution < -0.4 is 16.0 Å². The zero-order valence-corrected chi connectivity index (χ0v) is 12.4. The number of imidazole rings is 1. The van der Waals surface area contributed by atoms with Gasteiger partial charge in [0.05, 0.1) is 0 Å². The first kappa shape index (κ1) is 13.7. The fourth-order valence-electron chi connectivity index (χ4n) is 1.83. The molecule has 0 aromatic carbocycles. The van der Waals surface area contributed by atoms with E-state index in [1.165, 1.54) is 4.40 Å². The van der Waals surface area contributed by atoms with Crippen LogP contribution in [0.3, 0.4) is 0 Å². The fraction of sp³-hybridized carbons (Fsp3) is 0.100. The molecule has 0 unspecified atom stereocenters. The number of hydrazine groups is 1. The molecule has 0 spiro atoms. The summed E-state index contributed by atoms with van der Waals surface area (Å²) < 4.78 is 28.9. The Kier molecular flexibility index (Phi) is 3.23. The summed E-state index contributed by atoms with van der Waals surface area (Å²) in [7, 11) is -3.91. The predicted molar refractivity (Wildman–Crippen MR) is 78.5 cm³/mol. The molecular formula is C10H11N7O2S2. The fourth-order valence-corrected chi connectivity index (χ4v) is 3.90. The zero-order chi connectivity index (χ0) is 15.0. The number of hydrogen-bond acceptors (Lipinski definition) is 8. The van der Waals surface area contributed by atoms with E-state index in [0.717, 1.165) is 11.3 Å². The number of anilines is 2. The SMILES string of the molecule is Cc1nnc(NS(=O)(=O)c2c(NN)nc3ccccn23)s1. The molecule has 0 amide bonds. The Hall–Kier alpha value is -2.24. The van der Waals surface area contributed by atoms with E-state index in [4.69, 9.17) is 5.84 Å². The summed E-state index contributed by atoms with van der Waals surface area (Å²) in [5, 5.41) is 8.26. The average Bonchev–Trinajstić information content (AvgIpc) is 3.01. The van der Waals surface area contributed by atoms with Crippen molar-refractivity contribution in [2.75, 3.05) is 10.1 Å². The van der Waals surface area contributed by atoms with Gasteiger partial charge in [-0.2, -0.15) is 8.42 Å². The van der Waals surface area contributed by atoms with Crippen molar-refractivity contribution in [1.29, 1.82) is 0 Å². The van der Waals surface area contributed by atoms with Crippen molar-refractivity contribution >= 4 is 38.0 Å². The Morgan fingerprint density at radius 2 is 2.14 bits per heavy atom. The maximum atomic E-state index is 12.5. The summed E-state index contributed by atoms with van der Waals surface area (Å²) >= 11 is 1.14. The largest absolute Gasteiger partial charge is 0.306 e. The molecule has 0 saturated heterocycles. The third kappa shape index (κ3) is 2.41. The number of pyridine rings is 1. The van der Waals surface area contributed by atoms with Gasteiger partial charge in [0.15, 0.2) is 5.82 Å². The minimum Gasteiger partial charge on any atom is -0.306 e. The van der Waals surface area contributed by atoms with E-state index in [1.54, 1.807) is 31.3 Å². The molecule has 110 valence electrons. The van der Waals surface area contributed by atoms with Crippen molar-refractivity contribution < 1.29 is 8.42 Å². The van der Waals surface area contributed by atoms with Crippen LogP contribution in [0, 0.1) is 6.92 Å². The number of fused-ring (bicyclic) bond motifs is 1. The third-order valence-corrected chi connectivity index (χ3v) is 4.87. The summed E-state index contributed by atoms with van der Waals surface area (Å²) in [5.74, 6) is 5.42. The van der Waals surface area contributed by atoms with Crippen LogP contribution in [0.15, 0.2) is 29.4 Å². The van der Waals surface area contributed by atoms with Crippen LogP contribution in [-0.4, -0.2) is 28.0 Å². The van der Waals surface area contributed by atoms with Crippen molar-refractivity contribution in [1.82, 2.24) is 19.6 Å². The Labute approximate surface area is 123 Å². The number of nitrogens with one attached hydrogen (secondary N) is 2. The van der Waals surface area contributed by atoms with Gasteiger partial charge in [-0.15, -0.1) is 10.2 Å². The standard InChI is InChI=1S/C10H11N7O2S2/c1-6-14-15-10(20-6)16-21(18,19)9-8(13-11)12-7-4-2-3-5-17(7)9/h2-5,13H,11H2,1H3,(H,15,16). The van der Waals surface area contributed by atoms with Crippen molar-refractivity contribution in [3.8, 4) is 0 Å². The monoisotopic (exact) mass is 325 g/mol. The van der Waals surface area contributed by atoms with Gasteiger partial charge in [-0.1, -0.05) is 17.4 Å². The normalized spacial score (nSPS) is 11.7. The van der Waals surface area contributed by atoms with Crippen LogP contribution in [-0.2, 0) is 10.0 Å². The quantitative estimate of drug-likeness (QED) is 0.473. The highest BCUT2D eigenvalue weighted by molar-refractivity contribution is 7.93. The van der Waals surface area contributed by atoms with Gasteiger partial charge in [-0.05, 0) is 19.1 Å². The second-order valence-electron chi connectivity index (χ2n) is 4.07. The average molecular weight is 325 g/mol. The van der Waals surface area contributed by atoms with E-state index < -0.39 is 10.0 Å². The van der Waals surface area contributed by atoms with Gasteiger partial charge in [-0.3, -0.25) is 9.12 Å². The highest BCUT2D eigenvalue weighted by Gasteiger charge is 2.26. The molecule has 3 heterocycles. The maximum Gasteiger partial charge on any atom is 0.283 e. The van der Waals surface area contributed by atoms with Crippen LogP contribution in [0.5, 0.6) is 0 Å². The Morgan fingerprint density at radius 3 is 2.81 bits per heavy atom. The number of hydrogen-bond donors (Lipinski definition) is 3. The van der Waals surface area contributed by atoms with E-state index in [9.17, 15) is 8.42 Å². The first-order chi connectivity index (χ1) is 10.0. The number of aryl methyl sites for hydroxylation is 1. The zero-order valence-electron chi connectivity index (χ0n) is 10.8. The molecule has 0 aliphatic rings. The summed E-state index contributed by atoms with van der Waals surface area (Å²) in [6.07, 6.45) is 1.59. The van der Waals surface area contributed by atoms with Crippen LogP contribution in [0.1, 0.15) is 5.01 Å². The molecule has 0 fully saturated rings. The molecule has 3 rings (SSSR count). The highest BCUT2D eigenvalue weighted by Crippen LogP contribution is 2.25. The van der Waals surface area contributed by atoms with Crippen molar-refractivity contribution in [2.45, 2.75) is 11.9 Å². The minimum atomic E-state index is -3.91. The second kappa shape index (κ2) is 4.95. The maximum absolute atomic E-state index is 12.5. The molecule has 3 aromatic rings. The highest BCUT2D eigenvalue weighted by atomic mass is 32.2. The number of nitrogen functional groups attached to an aromatic ring is 1. The van der Waals surface area contributed by atoms with Crippen molar-refractivity contribution in [3.05, 3.63) is 29.4 Å². The molecule has 0 atom stereocenters. The Balaban J connectivity index is 2.13. The topological polar surface area (TPSA) is 127 Å². The molecule has 11 heteroatoms. The van der Waals surface area contributed by atoms with Gasteiger partial charge >= 0.3 is 0 Å². The first-order valence-electron chi connectivity index (χ1n) is 5.78. The summed E-state index contributed by atoms with van der Waals surface area (Å²) in [4.78, 5) is 4.12. The van der Waals surface area contributed by atoms with Crippen LogP contribution in [0.4, 0.5) is 10.9 Å². The van der Waals surface area contributed by atoms with E-state index in [2.05, 4.69) is 25.3 Å². The minimum absolute atomic E-state index is 0.0509. The molecule has 0 aliphatic carbocycles. The lowest BCUT2D eigenvalue weighted by molar-refractivity contribution is 0.596. The molecule has 9 nitrogen and oxygen atoms in total. The molecule has 0 radical (unpaired) electrons. The Morgan fingerprint density at radius 1 is 1.33 bits per heavy atom. The number of rotatable bonds is 4. The lowest BCUT2D eigenvalue weighted by Crippen LogP contribution is -2.18. The molecule has 4 N–H and O–H groups in total. The van der Waals surface area contributed by atoms with Crippen molar-refractivity contribution in [2.24, 2.45) is 5.84 Å². The molecule has 21 heavy (non-hydrogen) atoms. The van der Waals surface area contributed by atoms with Crippen LogP contribution in [0.25, 0.3) is 5.65 Å². The van der Waals surface area contributed by atoms with Gasteiger partial charge in [-0.25, -0.2) is 10.8 Å². The molecule has 3 aromatic heterocycles. The molecular weight excluding hydrogens is 314 g/mol. The van der Waals surface area contributed by atoms with Gasteiger partial charge in [0, 0.05) is 6.20 Å². The van der Waals surface area contributed by atoms with E-state index in [-0.39, 0.29) is 16.0 Å². The predicted octanol–water partition coefficient (Wildman–Crippen LogP) is 0.581. The number of nitrogens with zero attached hydrogens (tertiary/aromatic N) is 4. The third-order valence-electron chi connectivity index (χ3n) is 2.63. The smallest absolute Gasteiger partial charge is 0.283 e. The van der Waals surface area contributed by atoms with Gasteiger partial charge in [0.2, 0.25) is 10.2 Å². The van der Waals surface area contributed by atoms with E-state index >= 15 is 0 Å². The van der Waals surface area contributed by atoms with Gasteiger partial charge in [0.25, 0.3) is 10.0 Å². The van der Waals surface area contributed by atoms with E-state index in [0.29, 0.717) is 10.7 Å². The van der Waals surface area contributed by atoms with Gasteiger partial charge in [0.1, 0.15) is 10.7 Å². The molecule has 0 aliphatic heterocycles. The first-order valence-corrected chi connectivity index (χ1v) is 8.08. The summed E-state index contributed by atoms with van der Waals surface area (Å²) in [6.45, 7) is 1.73. The van der Waals surface area contributed by atoms with Crippen LogP contribution >= 0.6 is 11.3 Å². The summed E-state index contributed by atoms with van der Waals surface area (Å²) in [5.41, 5.74) is 2.76. The number of nitrogens with two attached hydrogens (primary N) is 1. The van der Waals surface area contributed by atoms with E-state index in [1.807, 2.05) is 0 Å². The lowest BCUT2D eigenvalue weighted by Gasteiger charge is -2.06. The molecule has 0 saturated carbocycles. The molecule has 0 bridgehead atoms. The van der Waals surface area contributed by atoms with Gasteiger partial charge < -0.3 is 5.43 Å². The lowest BCUT2D eigenvalue weighted by atomic mass is 10.5. The number of sulfonamides is 1. The van der Waals surface area contributed by atoms with Crippen molar-refractivity contribution in [3.63, 3.8) is 0 Å².